The number of piperazine rings is 1. The fourth-order valence-corrected chi connectivity index (χ4v) is 4.89. The molecule has 0 aliphatic carbocycles. The third-order valence-corrected chi connectivity index (χ3v) is 7.08. The first-order chi connectivity index (χ1) is 14.4. The molecular formula is C22H29N3O4S. The molecule has 1 amide bonds. The van der Waals surface area contributed by atoms with Crippen molar-refractivity contribution in [2.24, 2.45) is 0 Å². The molecule has 8 heteroatoms. The van der Waals surface area contributed by atoms with Crippen LogP contribution in [0.4, 0.5) is 5.69 Å². The van der Waals surface area contributed by atoms with Gasteiger partial charge in [0.25, 0.3) is 0 Å². The first kappa shape index (κ1) is 22.3. The normalized spacial score (nSPS) is 15.7. The predicted molar refractivity (Wildman–Crippen MR) is 117 cm³/mol. The minimum Gasteiger partial charge on any atom is -0.497 e. The van der Waals surface area contributed by atoms with E-state index in [-0.39, 0.29) is 12.5 Å². The van der Waals surface area contributed by atoms with E-state index in [4.69, 9.17) is 4.74 Å². The van der Waals surface area contributed by atoms with Crippen LogP contribution < -0.4 is 10.1 Å². The standard InChI is InChI=1S/C22H29N3O4S/c1-3-4-18-5-11-21(12-6-18)30(27,28)25-15-13-24(14-16-25)17-22(26)23-19-7-9-20(29-2)10-8-19/h5-12H,3-4,13-17H2,1-2H3,(H,23,26). The Morgan fingerprint density at radius 3 is 2.20 bits per heavy atom. The van der Waals surface area contributed by atoms with Crippen molar-refractivity contribution in [3.05, 3.63) is 54.1 Å². The van der Waals surface area contributed by atoms with Crippen molar-refractivity contribution in [1.82, 2.24) is 9.21 Å². The number of nitrogens with zero attached hydrogens (tertiary/aromatic N) is 2. The number of aryl methyl sites for hydroxylation is 1. The SMILES string of the molecule is CCCc1ccc(S(=O)(=O)N2CCN(CC(=O)Nc3ccc(OC)cc3)CC2)cc1. The highest BCUT2D eigenvalue weighted by Gasteiger charge is 2.29. The van der Waals surface area contributed by atoms with Crippen molar-refractivity contribution in [3.8, 4) is 5.75 Å². The van der Waals surface area contributed by atoms with Crippen LogP contribution in [0.1, 0.15) is 18.9 Å². The number of amides is 1. The Labute approximate surface area is 178 Å². The molecule has 2 aromatic rings. The van der Waals surface area contributed by atoms with E-state index in [1.54, 1.807) is 43.5 Å². The van der Waals surface area contributed by atoms with Crippen molar-refractivity contribution in [2.75, 3.05) is 45.2 Å². The number of carbonyl (C=O) groups is 1. The van der Waals surface area contributed by atoms with Gasteiger partial charge >= 0.3 is 0 Å². The fraction of sp³-hybridized carbons (Fsp3) is 0.409. The van der Waals surface area contributed by atoms with Crippen LogP contribution in [0, 0.1) is 0 Å². The largest absolute Gasteiger partial charge is 0.497 e. The van der Waals surface area contributed by atoms with Gasteiger partial charge in [-0.15, -0.1) is 0 Å². The minimum atomic E-state index is -3.51. The van der Waals surface area contributed by atoms with Gasteiger partial charge in [0.05, 0.1) is 18.6 Å². The van der Waals surface area contributed by atoms with Gasteiger partial charge in [0.15, 0.2) is 0 Å². The number of carbonyl (C=O) groups excluding carboxylic acids is 1. The molecule has 0 radical (unpaired) electrons. The van der Waals surface area contributed by atoms with E-state index in [0.29, 0.717) is 36.8 Å². The molecule has 1 N–H and O–H groups in total. The zero-order valence-electron chi connectivity index (χ0n) is 17.5. The van der Waals surface area contributed by atoms with Crippen LogP contribution in [0.3, 0.4) is 0 Å². The molecule has 0 spiro atoms. The van der Waals surface area contributed by atoms with Crippen molar-refractivity contribution < 1.29 is 17.9 Å². The van der Waals surface area contributed by atoms with E-state index in [2.05, 4.69) is 12.2 Å². The van der Waals surface area contributed by atoms with E-state index in [1.165, 1.54) is 4.31 Å². The molecule has 3 rings (SSSR count). The first-order valence-electron chi connectivity index (χ1n) is 10.2. The molecule has 2 aromatic carbocycles. The maximum atomic E-state index is 12.9. The van der Waals surface area contributed by atoms with Crippen molar-refractivity contribution in [2.45, 2.75) is 24.7 Å². The van der Waals surface area contributed by atoms with Gasteiger partial charge < -0.3 is 10.1 Å². The molecule has 7 nitrogen and oxygen atoms in total. The van der Waals surface area contributed by atoms with Crippen molar-refractivity contribution >= 4 is 21.6 Å². The Morgan fingerprint density at radius 1 is 1.00 bits per heavy atom. The van der Waals surface area contributed by atoms with Gasteiger partial charge in [-0.3, -0.25) is 9.69 Å². The predicted octanol–water partition coefficient (Wildman–Crippen LogP) is 2.59. The van der Waals surface area contributed by atoms with Crippen LogP contribution in [-0.2, 0) is 21.2 Å². The maximum Gasteiger partial charge on any atom is 0.243 e. The van der Waals surface area contributed by atoms with Gasteiger partial charge in [-0.2, -0.15) is 4.31 Å². The van der Waals surface area contributed by atoms with E-state index in [1.807, 2.05) is 17.0 Å². The molecule has 162 valence electrons. The summed E-state index contributed by atoms with van der Waals surface area (Å²) in [5, 5.41) is 2.86. The molecule has 0 atom stereocenters. The van der Waals surface area contributed by atoms with Gasteiger partial charge in [0.2, 0.25) is 15.9 Å². The van der Waals surface area contributed by atoms with Crippen LogP contribution in [-0.4, -0.2) is 63.4 Å². The number of benzene rings is 2. The zero-order valence-corrected chi connectivity index (χ0v) is 18.3. The summed E-state index contributed by atoms with van der Waals surface area (Å²) in [6.07, 6.45) is 1.97. The van der Waals surface area contributed by atoms with Crippen LogP contribution >= 0.6 is 0 Å². The number of nitrogens with one attached hydrogen (secondary N) is 1. The number of methoxy groups -OCH3 is 1. The molecular weight excluding hydrogens is 402 g/mol. The highest BCUT2D eigenvalue weighted by molar-refractivity contribution is 7.89. The summed E-state index contributed by atoms with van der Waals surface area (Å²) < 4.78 is 32.4. The molecule has 0 unspecified atom stereocenters. The van der Waals surface area contributed by atoms with E-state index in [9.17, 15) is 13.2 Å². The summed E-state index contributed by atoms with van der Waals surface area (Å²) >= 11 is 0. The topological polar surface area (TPSA) is 79.0 Å². The second-order valence-electron chi connectivity index (χ2n) is 7.35. The Balaban J connectivity index is 1.51. The molecule has 0 saturated carbocycles. The van der Waals surface area contributed by atoms with E-state index in [0.717, 1.165) is 24.2 Å². The lowest BCUT2D eigenvalue weighted by molar-refractivity contribution is -0.117. The molecule has 30 heavy (non-hydrogen) atoms. The number of hydrogen-bond donors (Lipinski definition) is 1. The zero-order chi connectivity index (χ0) is 21.6. The van der Waals surface area contributed by atoms with Crippen LogP contribution in [0.2, 0.25) is 0 Å². The number of hydrogen-bond acceptors (Lipinski definition) is 5. The van der Waals surface area contributed by atoms with Crippen molar-refractivity contribution in [3.63, 3.8) is 0 Å². The van der Waals surface area contributed by atoms with Gasteiger partial charge in [-0.25, -0.2) is 8.42 Å². The Bertz CT molecular complexity index is 935. The summed E-state index contributed by atoms with van der Waals surface area (Å²) in [6.45, 7) is 4.10. The van der Waals surface area contributed by atoms with Crippen molar-refractivity contribution in [1.29, 1.82) is 0 Å². The average Bonchev–Trinajstić information content (AvgIpc) is 2.75. The summed E-state index contributed by atoms with van der Waals surface area (Å²) in [5.41, 5.74) is 1.85. The lowest BCUT2D eigenvalue weighted by Gasteiger charge is -2.33. The average molecular weight is 432 g/mol. The van der Waals surface area contributed by atoms with Gasteiger partial charge in [0, 0.05) is 31.9 Å². The van der Waals surface area contributed by atoms with Gasteiger partial charge in [-0.1, -0.05) is 25.5 Å². The first-order valence-corrected chi connectivity index (χ1v) is 11.6. The Morgan fingerprint density at radius 2 is 1.63 bits per heavy atom. The van der Waals surface area contributed by atoms with E-state index >= 15 is 0 Å². The third kappa shape index (κ3) is 5.59. The Kier molecular flexibility index (Phi) is 7.47. The minimum absolute atomic E-state index is 0.122. The lowest BCUT2D eigenvalue weighted by atomic mass is 10.1. The maximum absolute atomic E-state index is 12.9. The van der Waals surface area contributed by atoms with Crippen LogP contribution in [0.15, 0.2) is 53.4 Å². The van der Waals surface area contributed by atoms with Gasteiger partial charge in [-0.05, 0) is 48.4 Å². The monoisotopic (exact) mass is 431 g/mol. The smallest absolute Gasteiger partial charge is 0.243 e. The second-order valence-corrected chi connectivity index (χ2v) is 9.29. The summed E-state index contributed by atoms with van der Waals surface area (Å²) in [6, 6.07) is 14.3. The fourth-order valence-electron chi connectivity index (χ4n) is 3.47. The summed E-state index contributed by atoms with van der Waals surface area (Å²) in [5.74, 6) is 0.605. The number of rotatable bonds is 8. The molecule has 1 aliphatic heterocycles. The second kappa shape index (κ2) is 10.1. The van der Waals surface area contributed by atoms with Crippen LogP contribution in [0.5, 0.6) is 5.75 Å². The molecule has 1 heterocycles. The summed E-state index contributed by atoms with van der Waals surface area (Å²) in [7, 11) is -1.91. The van der Waals surface area contributed by atoms with Gasteiger partial charge in [0.1, 0.15) is 5.75 Å². The molecule has 1 aliphatic rings. The van der Waals surface area contributed by atoms with E-state index < -0.39 is 10.0 Å². The molecule has 0 bridgehead atoms. The number of anilines is 1. The highest BCUT2D eigenvalue weighted by atomic mass is 32.2. The number of sulfonamides is 1. The number of ether oxygens (including phenoxy) is 1. The molecule has 1 fully saturated rings. The quantitative estimate of drug-likeness (QED) is 0.695. The summed E-state index contributed by atoms with van der Waals surface area (Å²) in [4.78, 5) is 14.6. The van der Waals surface area contributed by atoms with Crippen LogP contribution in [0.25, 0.3) is 0 Å². The lowest BCUT2D eigenvalue weighted by Crippen LogP contribution is -2.50. The molecule has 1 saturated heterocycles. The molecule has 0 aromatic heterocycles. The Hall–Kier alpha value is -2.42. The highest BCUT2D eigenvalue weighted by Crippen LogP contribution is 2.19. The third-order valence-electron chi connectivity index (χ3n) is 5.17.